The second-order valence-corrected chi connectivity index (χ2v) is 8.52. The summed E-state index contributed by atoms with van der Waals surface area (Å²) >= 11 is 6.72. The van der Waals surface area contributed by atoms with Crippen LogP contribution in [0.4, 0.5) is 0 Å². The zero-order valence-electron chi connectivity index (χ0n) is 17.4. The van der Waals surface area contributed by atoms with E-state index in [0.29, 0.717) is 0 Å². The molecule has 1 aromatic carbocycles. The van der Waals surface area contributed by atoms with Gasteiger partial charge in [-0.3, -0.25) is 4.98 Å². The molecule has 1 aliphatic carbocycles. The fourth-order valence-electron chi connectivity index (χ4n) is 4.29. The van der Waals surface area contributed by atoms with E-state index in [9.17, 15) is 0 Å². The smallest absolute Gasteiger partial charge is 0.0854 e. The summed E-state index contributed by atoms with van der Waals surface area (Å²) in [5.74, 6) is 0. The molecule has 4 nitrogen and oxygen atoms in total. The molecule has 0 spiro atoms. The van der Waals surface area contributed by atoms with Crippen molar-refractivity contribution in [3.05, 3.63) is 58.9 Å². The van der Waals surface area contributed by atoms with Gasteiger partial charge in [-0.25, -0.2) is 5.43 Å². The first-order valence-corrected chi connectivity index (χ1v) is 11.2. The summed E-state index contributed by atoms with van der Waals surface area (Å²) in [6, 6.07) is 6.34. The Morgan fingerprint density at radius 2 is 2.03 bits per heavy atom. The van der Waals surface area contributed by atoms with Crippen LogP contribution in [-0.4, -0.2) is 34.7 Å². The monoisotopic (exact) mass is 410 g/mol. The number of hydrogen-bond acceptors (Lipinski definition) is 4. The molecular formula is C24H31ClN4. The Morgan fingerprint density at radius 1 is 1.21 bits per heavy atom. The second-order valence-electron chi connectivity index (χ2n) is 8.14. The maximum atomic E-state index is 6.72. The van der Waals surface area contributed by atoms with Crippen LogP contribution < -0.4 is 5.43 Å². The van der Waals surface area contributed by atoms with Crippen molar-refractivity contribution < 1.29 is 0 Å². The molecule has 0 bridgehead atoms. The fourth-order valence-corrected chi connectivity index (χ4v) is 4.65. The molecule has 0 atom stereocenters. The lowest BCUT2D eigenvalue weighted by atomic mass is 9.94. The second kappa shape index (κ2) is 8.76. The highest BCUT2D eigenvalue weighted by Gasteiger charge is 2.21. The molecule has 4 rings (SSSR count). The topological polar surface area (TPSA) is 31.4 Å². The van der Waals surface area contributed by atoms with Crippen LogP contribution >= 0.6 is 11.6 Å². The normalized spacial score (nSPS) is 16.8. The van der Waals surface area contributed by atoms with Crippen molar-refractivity contribution in [2.75, 3.05) is 19.8 Å². The molecule has 0 saturated carbocycles. The number of halogens is 1. The first-order chi connectivity index (χ1) is 14.1. The molecule has 29 heavy (non-hydrogen) atoms. The maximum absolute atomic E-state index is 6.72. The molecule has 5 heteroatoms. The lowest BCUT2D eigenvalue weighted by molar-refractivity contribution is 0.134. The van der Waals surface area contributed by atoms with Crippen LogP contribution in [0.15, 0.2) is 37.1 Å². The minimum absolute atomic E-state index is 0.771. The molecule has 1 N–H and O–H groups in total. The summed E-state index contributed by atoms with van der Waals surface area (Å²) in [6.07, 6.45) is 7.95. The van der Waals surface area contributed by atoms with E-state index in [0.717, 1.165) is 66.2 Å². The lowest BCUT2D eigenvalue weighted by Gasteiger charge is -2.39. The third-order valence-corrected chi connectivity index (χ3v) is 6.60. The van der Waals surface area contributed by atoms with Crippen LogP contribution in [0.3, 0.4) is 0 Å². The summed E-state index contributed by atoms with van der Waals surface area (Å²) in [6.45, 7) is 13.4. The van der Waals surface area contributed by atoms with Gasteiger partial charge in [-0.1, -0.05) is 50.2 Å². The van der Waals surface area contributed by atoms with Gasteiger partial charge in [-0.15, -0.1) is 0 Å². The molecule has 154 valence electrons. The maximum Gasteiger partial charge on any atom is 0.0854 e. The number of aromatic nitrogens is 1. The van der Waals surface area contributed by atoms with E-state index in [1.165, 1.54) is 42.6 Å². The summed E-state index contributed by atoms with van der Waals surface area (Å²) in [5.41, 5.74) is 10.2. The van der Waals surface area contributed by atoms with Gasteiger partial charge in [0, 0.05) is 28.9 Å². The number of rotatable bonds is 6. The Labute approximate surface area is 179 Å². The number of benzene rings is 1. The first kappa shape index (κ1) is 20.2. The van der Waals surface area contributed by atoms with E-state index in [1.807, 2.05) is 0 Å². The lowest BCUT2D eigenvalue weighted by Crippen LogP contribution is -2.52. The van der Waals surface area contributed by atoms with Crippen LogP contribution in [0, 0.1) is 0 Å². The van der Waals surface area contributed by atoms with Crippen LogP contribution in [0.1, 0.15) is 55.8 Å². The minimum atomic E-state index is 0.771. The molecular weight excluding hydrogens is 380 g/mol. The van der Waals surface area contributed by atoms with E-state index < -0.39 is 0 Å². The van der Waals surface area contributed by atoms with Gasteiger partial charge in [0.15, 0.2) is 0 Å². The minimum Gasteiger partial charge on any atom is -0.359 e. The molecule has 0 amide bonds. The Morgan fingerprint density at radius 3 is 2.79 bits per heavy atom. The summed E-state index contributed by atoms with van der Waals surface area (Å²) < 4.78 is 0. The van der Waals surface area contributed by atoms with Crippen LogP contribution in [0.25, 0.3) is 16.6 Å². The van der Waals surface area contributed by atoms with E-state index in [4.69, 9.17) is 16.6 Å². The third-order valence-electron chi connectivity index (χ3n) is 6.16. The van der Waals surface area contributed by atoms with Gasteiger partial charge < -0.3 is 9.91 Å². The molecule has 1 aliphatic heterocycles. The zero-order chi connectivity index (χ0) is 20.4. The van der Waals surface area contributed by atoms with E-state index in [-0.39, 0.29) is 0 Å². The fraction of sp³-hybridized carbons (Fsp3) is 0.458. The molecule has 1 fully saturated rings. The molecule has 1 saturated heterocycles. The van der Waals surface area contributed by atoms with Crippen LogP contribution in [0.2, 0.25) is 5.02 Å². The van der Waals surface area contributed by atoms with Crippen molar-refractivity contribution in [1.82, 2.24) is 20.3 Å². The van der Waals surface area contributed by atoms with Crippen molar-refractivity contribution in [3.8, 4) is 0 Å². The number of aryl methyl sites for hydroxylation is 1. The summed E-state index contributed by atoms with van der Waals surface area (Å²) in [4.78, 5) is 7.27. The summed E-state index contributed by atoms with van der Waals surface area (Å²) in [7, 11) is 0. The Hall–Kier alpha value is -2.04. The van der Waals surface area contributed by atoms with Crippen molar-refractivity contribution in [2.45, 2.75) is 51.9 Å². The molecule has 2 aromatic rings. The van der Waals surface area contributed by atoms with Gasteiger partial charge in [-0.05, 0) is 50.2 Å². The van der Waals surface area contributed by atoms with Crippen molar-refractivity contribution in [3.63, 3.8) is 0 Å². The Kier molecular flexibility index (Phi) is 6.12. The van der Waals surface area contributed by atoms with Crippen molar-refractivity contribution >= 4 is 28.2 Å². The molecule has 2 heterocycles. The van der Waals surface area contributed by atoms with Gasteiger partial charge in [-0.2, -0.15) is 0 Å². The molecule has 2 aliphatic rings. The average Bonchev–Trinajstić information content (AvgIpc) is 2.77. The van der Waals surface area contributed by atoms with Gasteiger partial charge in [0.2, 0.25) is 0 Å². The van der Waals surface area contributed by atoms with Gasteiger partial charge >= 0.3 is 0 Å². The first-order valence-electron chi connectivity index (χ1n) is 10.8. The number of unbranched alkanes of at least 4 members (excludes halogenated alkanes) is 1. The largest absolute Gasteiger partial charge is 0.359 e. The molecule has 1 aromatic heterocycles. The quantitative estimate of drug-likeness (QED) is 0.679. The number of nitrogens with zero attached hydrogens (tertiary/aromatic N) is 3. The highest BCUT2D eigenvalue weighted by atomic mass is 35.5. The highest BCUT2D eigenvalue weighted by molar-refractivity contribution is 6.36. The predicted octanol–water partition coefficient (Wildman–Crippen LogP) is 5.52. The standard InChI is InChI=1S/C24H31ClN4/c1-4-5-8-17(2)28-13-14-29(26-16-28)18(3)19-11-12-21-23(15-19)27-22-10-7-6-9-20(22)24(21)25/h11-12,15,26H,2-10,13-14,16H2,1H3. The molecule has 0 radical (unpaired) electrons. The number of hydrogen-bond donors (Lipinski definition) is 1. The van der Waals surface area contributed by atoms with E-state index in [2.05, 4.69) is 53.6 Å². The van der Waals surface area contributed by atoms with E-state index in [1.54, 1.807) is 0 Å². The average molecular weight is 411 g/mol. The number of nitrogens with one attached hydrogen (secondary N) is 1. The SMILES string of the molecule is C=C(CCCC)N1CCN(C(=C)c2ccc3c(Cl)c4c(nc3c2)CCCC4)NC1. The Bertz CT molecular complexity index is 928. The van der Waals surface area contributed by atoms with Gasteiger partial charge in [0.1, 0.15) is 0 Å². The predicted molar refractivity (Wildman–Crippen MR) is 123 cm³/mol. The van der Waals surface area contributed by atoms with Crippen LogP contribution in [-0.2, 0) is 12.8 Å². The number of pyridine rings is 1. The third kappa shape index (κ3) is 4.15. The summed E-state index contributed by atoms with van der Waals surface area (Å²) in [5, 5.41) is 4.08. The van der Waals surface area contributed by atoms with Crippen LogP contribution in [0.5, 0.6) is 0 Å². The Balaban J connectivity index is 1.49. The zero-order valence-corrected chi connectivity index (χ0v) is 18.2. The number of fused-ring (bicyclic) bond motifs is 2. The highest BCUT2D eigenvalue weighted by Crippen LogP contribution is 2.34. The van der Waals surface area contributed by atoms with Crippen molar-refractivity contribution in [2.24, 2.45) is 0 Å². The number of allylic oxidation sites excluding steroid dienone is 1. The molecule has 0 unspecified atom stereocenters. The van der Waals surface area contributed by atoms with Gasteiger partial charge in [0.25, 0.3) is 0 Å². The van der Waals surface area contributed by atoms with Crippen molar-refractivity contribution in [1.29, 1.82) is 0 Å². The van der Waals surface area contributed by atoms with E-state index >= 15 is 0 Å². The number of hydrazine groups is 1. The van der Waals surface area contributed by atoms with Gasteiger partial charge in [0.05, 0.1) is 29.4 Å².